The number of hydrogen-bond acceptors (Lipinski definition) is 1. The van der Waals surface area contributed by atoms with Crippen molar-refractivity contribution in [1.29, 1.82) is 0 Å². The first-order valence-electron chi connectivity index (χ1n) is 2.08. The molecule has 38 valence electrons. The van der Waals surface area contributed by atoms with Crippen molar-refractivity contribution in [2.45, 2.75) is 12.8 Å². The molecule has 0 bridgehead atoms. The third kappa shape index (κ3) is 4.95. The summed E-state index contributed by atoms with van der Waals surface area (Å²) in [5.74, 6) is 0. The summed E-state index contributed by atoms with van der Waals surface area (Å²) in [6.07, 6.45) is 2.56. The summed E-state index contributed by atoms with van der Waals surface area (Å²) in [5.41, 5.74) is 0. The maximum atomic E-state index is 4.94. The molecule has 0 aromatic rings. The SMILES string of the molecule is C1CCOC1.[Al+3].[H-].[H-].[H-].[H-].[Li+]. The van der Waals surface area contributed by atoms with Crippen molar-refractivity contribution in [3.8, 4) is 0 Å². The molecule has 7 heavy (non-hydrogen) atoms. The van der Waals surface area contributed by atoms with Crippen molar-refractivity contribution >= 4 is 17.4 Å². The van der Waals surface area contributed by atoms with Gasteiger partial charge in [-0.05, 0) is 12.8 Å². The predicted octanol–water partition coefficient (Wildman–Crippen LogP) is -2.13. The molecule has 1 rings (SSSR count). The van der Waals surface area contributed by atoms with Gasteiger partial charge in [-0.15, -0.1) is 0 Å². The summed E-state index contributed by atoms with van der Waals surface area (Å²) in [6, 6.07) is 0. The van der Waals surface area contributed by atoms with Crippen LogP contribution in [0.4, 0.5) is 0 Å². The standard InChI is InChI=1S/C4H8O.Al.Li.4H/c1-2-4-5-3-1;;;;;;/h1-4H2;;;;;;/q;+3;+1;4*-1. The zero-order chi connectivity index (χ0) is 3.54. The molecule has 0 saturated carbocycles. The van der Waals surface area contributed by atoms with Gasteiger partial charge in [0.2, 0.25) is 0 Å². The maximum Gasteiger partial charge on any atom is 3.00 e. The van der Waals surface area contributed by atoms with E-state index in [-0.39, 0.29) is 41.9 Å². The normalized spacial score (nSPS) is 17.1. The van der Waals surface area contributed by atoms with Crippen LogP contribution in [0.25, 0.3) is 0 Å². The fraction of sp³-hybridized carbons (Fsp3) is 1.00. The second-order valence-electron chi connectivity index (χ2n) is 1.32. The molecule has 0 N–H and O–H groups in total. The van der Waals surface area contributed by atoms with Crippen LogP contribution in [-0.2, 0) is 4.74 Å². The maximum absolute atomic E-state index is 4.94. The molecule has 0 amide bonds. The molecule has 1 heterocycles. The first-order chi connectivity index (χ1) is 2.50. The number of rotatable bonds is 0. The second-order valence-corrected chi connectivity index (χ2v) is 1.32. The van der Waals surface area contributed by atoms with Crippen molar-refractivity contribution in [2.24, 2.45) is 0 Å². The topological polar surface area (TPSA) is 9.23 Å². The second kappa shape index (κ2) is 7.09. The van der Waals surface area contributed by atoms with Crippen molar-refractivity contribution < 1.29 is 29.3 Å². The molecule has 0 aromatic heterocycles. The Kier molecular flexibility index (Phi) is 11.1. The molecule has 0 spiro atoms. The van der Waals surface area contributed by atoms with E-state index in [0.717, 1.165) is 13.2 Å². The smallest absolute Gasteiger partial charge is 1.00 e. The average molecular weight is 110 g/mol. The first-order valence-corrected chi connectivity index (χ1v) is 2.08. The molecule has 1 saturated heterocycles. The molecule has 0 aliphatic carbocycles. The Balaban J connectivity index is -0.0000000104. The third-order valence-corrected chi connectivity index (χ3v) is 0.827. The van der Waals surface area contributed by atoms with Gasteiger partial charge < -0.3 is 10.4 Å². The van der Waals surface area contributed by atoms with Crippen LogP contribution in [0, 0.1) is 0 Å². The average Bonchev–Trinajstić information content (AvgIpc) is 1.76. The van der Waals surface area contributed by atoms with E-state index < -0.39 is 0 Å². The Morgan fingerprint density at radius 2 is 1.57 bits per heavy atom. The zero-order valence-corrected chi connectivity index (χ0v) is 5.97. The zero-order valence-electron chi connectivity index (χ0n) is 8.81. The first kappa shape index (κ1) is 11.0. The van der Waals surface area contributed by atoms with Gasteiger partial charge in [0, 0.05) is 13.2 Å². The van der Waals surface area contributed by atoms with Gasteiger partial charge in [-0.1, -0.05) is 0 Å². The van der Waals surface area contributed by atoms with E-state index in [1.165, 1.54) is 12.8 Å². The summed E-state index contributed by atoms with van der Waals surface area (Å²) < 4.78 is 4.94. The number of hydrogen-bond donors (Lipinski definition) is 0. The van der Waals surface area contributed by atoms with Crippen LogP contribution >= 0.6 is 0 Å². The quantitative estimate of drug-likeness (QED) is 0.324. The van der Waals surface area contributed by atoms with E-state index in [2.05, 4.69) is 0 Å². The van der Waals surface area contributed by atoms with Gasteiger partial charge in [0.1, 0.15) is 0 Å². The van der Waals surface area contributed by atoms with Crippen molar-refractivity contribution in [1.82, 2.24) is 0 Å². The minimum atomic E-state index is 0. The molecule has 0 unspecified atom stereocenters. The minimum Gasteiger partial charge on any atom is -1.00 e. The fourth-order valence-corrected chi connectivity index (χ4v) is 0.510. The molecule has 1 nitrogen and oxygen atoms in total. The van der Waals surface area contributed by atoms with Crippen LogP contribution in [0.2, 0.25) is 0 Å². The molecule has 0 radical (unpaired) electrons. The van der Waals surface area contributed by atoms with E-state index in [9.17, 15) is 0 Å². The van der Waals surface area contributed by atoms with Crippen LogP contribution in [0.3, 0.4) is 0 Å². The molecule has 0 aromatic carbocycles. The van der Waals surface area contributed by atoms with Crippen LogP contribution in [-0.4, -0.2) is 30.6 Å². The molecule has 1 aliphatic rings. The Morgan fingerprint density at radius 1 is 1.14 bits per heavy atom. The summed E-state index contributed by atoms with van der Waals surface area (Å²) in [4.78, 5) is 0. The van der Waals surface area contributed by atoms with Gasteiger partial charge in [0.25, 0.3) is 0 Å². The Morgan fingerprint density at radius 3 is 1.71 bits per heavy atom. The molecule has 0 atom stereocenters. The van der Waals surface area contributed by atoms with Gasteiger partial charge in [-0.3, -0.25) is 0 Å². The number of ether oxygens (including phenoxy) is 1. The fourth-order valence-electron chi connectivity index (χ4n) is 0.510. The Labute approximate surface area is 73.1 Å². The molecular formula is C4H12AlLiO. The van der Waals surface area contributed by atoms with E-state index in [1.807, 2.05) is 0 Å². The monoisotopic (exact) mass is 110 g/mol. The van der Waals surface area contributed by atoms with E-state index >= 15 is 0 Å². The molecular weight excluding hydrogens is 98.0 g/mol. The van der Waals surface area contributed by atoms with Crippen molar-refractivity contribution in [3.63, 3.8) is 0 Å². The largest absolute Gasteiger partial charge is 3.00 e. The van der Waals surface area contributed by atoms with Crippen LogP contribution in [0.15, 0.2) is 0 Å². The van der Waals surface area contributed by atoms with Crippen LogP contribution < -0.4 is 18.9 Å². The van der Waals surface area contributed by atoms with E-state index in [4.69, 9.17) is 4.74 Å². The Bertz CT molecular complexity index is 33.7. The van der Waals surface area contributed by atoms with Gasteiger partial charge >= 0.3 is 36.2 Å². The van der Waals surface area contributed by atoms with E-state index in [0.29, 0.717) is 0 Å². The van der Waals surface area contributed by atoms with Gasteiger partial charge in [0.05, 0.1) is 0 Å². The molecule has 1 fully saturated rings. The minimum absolute atomic E-state index is 0. The van der Waals surface area contributed by atoms with Crippen LogP contribution in [0.5, 0.6) is 0 Å². The van der Waals surface area contributed by atoms with Gasteiger partial charge in [-0.2, -0.15) is 0 Å². The predicted molar refractivity (Wildman–Crippen MR) is 30.3 cm³/mol. The Hall–Kier alpha value is 1.09. The summed E-state index contributed by atoms with van der Waals surface area (Å²) in [6.45, 7) is 2.00. The molecule has 1 aliphatic heterocycles. The van der Waals surface area contributed by atoms with Crippen LogP contribution in [0.1, 0.15) is 18.5 Å². The van der Waals surface area contributed by atoms with Gasteiger partial charge in [0.15, 0.2) is 0 Å². The van der Waals surface area contributed by atoms with Gasteiger partial charge in [-0.25, -0.2) is 0 Å². The van der Waals surface area contributed by atoms with E-state index in [1.54, 1.807) is 0 Å². The van der Waals surface area contributed by atoms with Crippen molar-refractivity contribution in [2.75, 3.05) is 13.2 Å². The summed E-state index contributed by atoms with van der Waals surface area (Å²) in [5, 5.41) is 0. The summed E-state index contributed by atoms with van der Waals surface area (Å²) >= 11 is 0. The molecule has 3 heteroatoms. The van der Waals surface area contributed by atoms with Crippen molar-refractivity contribution in [3.05, 3.63) is 0 Å². The third-order valence-electron chi connectivity index (χ3n) is 0.827. The summed E-state index contributed by atoms with van der Waals surface area (Å²) in [7, 11) is 0.